The summed E-state index contributed by atoms with van der Waals surface area (Å²) in [6.07, 6.45) is 0.478. The number of nitrogens with zero attached hydrogens (tertiary/aromatic N) is 1. The van der Waals surface area contributed by atoms with Crippen molar-refractivity contribution in [3.8, 4) is 5.75 Å². The minimum Gasteiger partial charge on any atom is -0.508 e. The van der Waals surface area contributed by atoms with E-state index in [-0.39, 0.29) is 29.9 Å². The van der Waals surface area contributed by atoms with Gasteiger partial charge in [-0.25, -0.2) is 8.78 Å². The number of hydrogen-bond donors (Lipinski definition) is 1. The third-order valence-electron chi connectivity index (χ3n) is 5.40. The molecule has 1 fully saturated rings. The molecular weight excluding hydrogens is 388 g/mol. The van der Waals surface area contributed by atoms with Gasteiger partial charge in [0.15, 0.2) is 5.78 Å². The zero-order valence-electron chi connectivity index (χ0n) is 16.0. The van der Waals surface area contributed by atoms with Gasteiger partial charge in [-0.1, -0.05) is 12.1 Å². The molecule has 1 aliphatic rings. The van der Waals surface area contributed by atoms with Crippen molar-refractivity contribution in [1.29, 1.82) is 0 Å². The molecule has 3 aromatic rings. The molecule has 0 aromatic heterocycles. The normalized spacial score (nSPS) is 18.2. The number of amides is 1. The van der Waals surface area contributed by atoms with E-state index in [1.807, 2.05) is 0 Å². The van der Waals surface area contributed by atoms with Crippen LogP contribution < -0.4 is 4.90 Å². The maximum Gasteiger partial charge on any atom is 0.233 e. The van der Waals surface area contributed by atoms with Gasteiger partial charge in [0, 0.05) is 17.7 Å². The number of hydrogen-bond acceptors (Lipinski definition) is 3. The molecule has 30 heavy (non-hydrogen) atoms. The van der Waals surface area contributed by atoms with Crippen LogP contribution in [-0.2, 0) is 4.79 Å². The van der Waals surface area contributed by atoms with Crippen LogP contribution in [0.15, 0.2) is 72.8 Å². The maximum absolute atomic E-state index is 13.3. The van der Waals surface area contributed by atoms with E-state index in [1.54, 1.807) is 41.3 Å². The number of carbonyl (C=O) groups excluding carboxylic acids is 2. The Morgan fingerprint density at radius 3 is 2.03 bits per heavy atom. The molecule has 3 aromatic carbocycles. The van der Waals surface area contributed by atoms with Gasteiger partial charge < -0.3 is 10.0 Å². The predicted molar refractivity (Wildman–Crippen MR) is 108 cm³/mol. The molecule has 0 saturated carbocycles. The van der Waals surface area contributed by atoms with Crippen molar-refractivity contribution < 1.29 is 23.5 Å². The Hall–Kier alpha value is -3.54. The quantitative estimate of drug-likeness (QED) is 0.460. The Labute approximate surface area is 172 Å². The monoisotopic (exact) mass is 407 g/mol. The zero-order valence-corrected chi connectivity index (χ0v) is 16.0. The van der Waals surface area contributed by atoms with E-state index in [1.165, 1.54) is 36.4 Å². The summed E-state index contributed by atoms with van der Waals surface area (Å²) in [7, 11) is 0. The Bertz CT molecular complexity index is 1060. The van der Waals surface area contributed by atoms with Gasteiger partial charge in [-0.05, 0) is 72.6 Å². The predicted octanol–water partition coefficient (Wildman–Crippen LogP) is 5.04. The van der Waals surface area contributed by atoms with Crippen LogP contribution in [0.5, 0.6) is 5.75 Å². The standard InChI is InChI=1S/C24H19F2NO3/c25-17-5-1-15(2-6-17)22(29)14-13-21-23(16-3-11-20(28)12-4-16)27(24(21)30)19-9-7-18(26)8-10-19/h1-12,21,23,28H,13-14H2. The SMILES string of the molecule is O=C(CCC1C(=O)N(c2ccc(F)cc2)C1c1ccc(O)cc1)c1ccc(F)cc1. The molecule has 0 spiro atoms. The van der Waals surface area contributed by atoms with Crippen LogP contribution in [0.1, 0.15) is 34.8 Å². The first-order valence-corrected chi connectivity index (χ1v) is 9.60. The largest absolute Gasteiger partial charge is 0.508 e. The van der Waals surface area contributed by atoms with Crippen LogP contribution >= 0.6 is 0 Å². The fourth-order valence-corrected chi connectivity index (χ4v) is 3.84. The van der Waals surface area contributed by atoms with Crippen molar-refractivity contribution in [2.45, 2.75) is 18.9 Å². The summed E-state index contributed by atoms with van der Waals surface area (Å²) in [5, 5.41) is 9.59. The second-order valence-corrected chi connectivity index (χ2v) is 7.30. The number of rotatable bonds is 6. The van der Waals surface area contributed by atoms with Crippen molar-refractivity contribution in [3.63, 3.8) is 0 Å². The van der Waals surface area contributed by atoms with Crippen LogP contribution in [0.3, 0.4) is 0 Å². The summed E-state index contributed by atoms with van der Waals surface area (Å²) in [6, 6.07) is 17.2. The van der Waals surface area contributed by atoms with E-state index in [0.29, 0.717) is 17.7 Å². The number of carbonyl (C=O) groups is 2. The second kappa shape index (κ2) is 8.06. The van der Waals surface area contributed by atoms with Gasteiger partial charge >= 0.3 is 0 Å². The molecule has 0 bridgehead atoms. The smallest absolute Gasteiger partial charge is 0.233 e. The number of Topliss-reactive ketones (excluding diaryl/α,β-unsaturated/α-hetero) is 1. The molecule has 1 N–H and O–H groups in total. The molecule has 4 rings (SSSR count). The molecule has 1 saturated heterocycles. The van der Waals surface area contributed by atoms with E-state index in [9.17, 15) is 23.5 Å². The topological polar surface area (TPSA) is 57.6 Å². The van der Waals surface area contributed by atoms with Crippen molar-refractivity contribution >= 4 is 17.4 Å². The Morgan fingerprint density at radius 2 is 1.43 bits per heavy atom. The second-order valence-electron chi connectivity index (χ2n) is 7.30. The lowest BCUT2D eigenvalue weighted by Crippen LogP contribution is -2.55. The molecule has 0 radical (unpaired) electrons. The van der Waals surface area contributed by atoms with Crippen molar-refractivity contribution in [2.75, 3.05) is 4.90 Å². The summed E-state index contributed by atoms with van der Waals surface area (Å²) in [6.45, 7) is 0. The number of benzene rings is 3. The number of halogens is 2. The molecule has 2 unspecified atom stereocenters. The fraction of sp³-hybridized carbons (Fsp3) is 0.167. The average molecular weight is 407 g/mol. The van der Waals surface area contributed by atoms with Gasteiger partial charge in [-0.15, -0.1) is 0 Å². The van der Waals surface area contributed by atoms with Crippen LogP contribution in [0.4, 0.5) is 14.5 Å². The summed E-state index contributed by atoms with van der Waals surface area (Å²) >= 11 is 0. The molecule has 0 aliphatic carbocycles. The number of aromatic hydroxyl groups is 1. The number of phenols is 1. The van der Waals surface area contributed by atoms with E-state index < -0.39 is 17.6 Å². The highest BCUT2D eigenvalue weighted by molar-refractivity contribution is 6.04. The minimum absolute atomic E-state index is 0.112. The van der Waals surface area contributed by atoms with Crippen molar-refractivity contribution in [3.05, 3.63) is 95.6 Å². The summed E-state index contributed by atoms with van der Waals surface area (Å²) in [4.78, 5) is 27.0. The average Bonchev–Trinajstić information content (AvgIpc) is 2.74. The molecule has 1 aliphatic heterocycles. The van der Waals surface area contributed by atoms with E-state index in [4.69, 9.17) is 0 Å². The van der Waals surface area contributed by atoms with Gasteiger partial charge in [0.25, 0.3) is 0 Å². The minimum atomic E-state index is -0.427. The van der Waals surface area contributed by atoms with Crippen LogP contribution in [0.2, 0.25) is 0 Å². The number of ketones is 1. The van der Waals surface area contributed by atoms with Crippen molar-refractivity contribution in [2.24, 2.45) is 5.92 Å². The van der Waals surface area contributed by atoms with Crippen LogP contribution in [0.25, 0.3) is 0 Å². The first-order chi connectivity index (χ1) is 14.4. The summed E-state index contributed by atoms with van der Waals surface area (Å²) < 4.78 is 26.4. The lowest BCUT2D eigenvalue weighted by atomic mass is 9.78. The first kappa shape index (κ1) is 19.8. The van der Waals surface area contributed by atoms with Gasteiger partial charge in [0.05, 0.1) is 12.0 Å². The fourth-order valence-electron chi connectivity index (χ4n) is 3.84. The van der Waals surface area contributed by atoms with Crippen LogP contribution in [-0.4, -0.2) is 16.8 Å². The molecule has 1 heterocycles. The van der Waals surface area contributed by atoms with E-state index >= 15 is 0 Å². The first-order valence-electron chi connectivity index (χ1n) is 9.60. The zero-order chi connectivity index (χ0) is 21.3. The highest BCUT2D eigenvalue weighted by atomic mass is 19.1. The van der Waals surface area contributed by atoms with E-state index in [2.05, 4.69) is 0 Å². The molecule has 1 amide bonds. The number of β-lactam (4-membered cyclic amide) rings is 1. The molecule has 2 atom stereocenters. The van der Waals surface area contributed by atoms with Gasteiger partial charge in [-0.2, -0.15) is 0 Å². The molecular formula is C24H19F2NO3. The Morgan fingerprint density at radius 1 is 0.867 bits per heavy atom. The Kier molecular flexibility index (Phi) is 5.31. The number of phenolic OH excluding ortho intramolecular Hbond substituents is 1. The van der Waals surface area contributed by atoms with Gasteiger partial charge in [0.2, 0.25) is 5.91 Å². The molecule has 6 heteroatoms. The Balaban J connectivity index is 1.55. The highest BCUT2D eigenvalue weighted by Crippen LogP contribution is 2.45. The summed E-state index contributed by atoms with van der Waals surface area (Å²) in [5.74, 6) is -1.43. The van der Waals surface area contributed by atoms with Crippen LogP contribution in [0, 0.1) is 17.6 Å². The highest BCUT2D eigenvalue weighted by Gasteiger charge is 2.48. The van der Waals surface area contributed by atoms with Gasteiger partial charge in [0.1, 0.15) is 17.4 Å². The van der Waals surface area contributed by atoms with Gasteiger partial charge in [-0.3, -0.25) is 9.59 Å². The van der Waals surface area contributed by atoms with E-state index in [0.717, 1.165) is 5.56 Å². The lowest BCUT2D eigenvalue weighted by molar-refractivity contribution is -0.130. The number of anilines is 1. The lowest BCUT2D eigenvalue weighted by Gasteiger charge is -2.47. The maximum atomic E-state index is 13.3. The molecule has 152 valence electrons. The summed E-state index contributed by atoms with van der Waals surface area (Å²) in [5.41, 5.74) is 1.79. The third-order valence-corrected chi connectivity index (χ3v) is 5.40. The van der Waals surface area contributed by atoms with Crippen molar-refractivity contribution in [1.82, 2.24) is 0 Å². The molecule has 4 nitrogen and oxygen atoms in total. The third kappa shape index (κ3) is 3.81.